The van der Waals surface area contributed by atoms with Crippen molar-refractivity contribution in [3.8, 4) is 0 Å². The number of nitrogens with two attached hydrogens (primary N) is 1. The first-order valence-electron chi connectivity index (χ1n) is 8.13. The van der Waals surface area contributed by atoms with Gasteiger partial charge in [-0.05, 0) is 49.8 Å². The maximum absolute atomic E-state index is 14.3. The molecule has 0 radical (unpaired) electrons. The summed E-state index contributed by atoms with van der Waals surface area (Å²) in [6, 6.07) is 5.65. The lowest BCUT2D eigenvalue weighted by Gasteiger charge is -2.36. The van der Waals surface area contributed by atoms with Crippen molar-refractivity contribution in [1.29, 1.82) is 0 Å². The molecule has 4 heteroatoms. The zero-order valence-electron chi connectivity index (χ0n) is 12.9. The number of piperazine rings is 1. The van der Waals surface area contributed by atoms with Crippen LogP contribution in [-0.4, -0.2) is 43.7 Å². The van der Waals surface area contributed by atoms with Gasteiger partial charge in [0.25, 0.3) is 0 Å². The van der Waals surface area contributed by atoms with E-state index in [2.05, 4.69) is 9.80 Å². The van der Waals surface area contributed by atoms with Gasteiger partial charge in [-0.25, -0.2) is 4.39 Å². The van der Waals surface area contributed by atoms with Crippen LogP contribution in [0, 0.1) is 11.7 Å². The van der Waals surface area contributed by atoms with Crippen LogP contribution in [-0.2, 0) is 6.42 Å². The second kappa shape index (κ2) is 6.32. The van der Waals surface area contributed by atoms with Crippen molar-refractivity contribution in [3.63, 3.8) is 0 Å². The quantitative estimate of drug-likeness (QED) is 0.903. The third-order valence-electron chi connectivity index (χ3n) is 4.50. The van der Waals surface area contributed by atoms with Gasteiger partial charge in [0.2, 0.25) is 0 Å². The highest BCUT2D eigenvalue weighted by Crippen LogP contribution is 2.30. The van der Waals surface area contributed by atoms with Crippen LogP contribution in [0.25, 0.3) is 0 Å². The standard InChI is InChI=1S/C17H26FN3/c1-13(19)10-15-4-5-17(16(18)11-15)21-8-6-20(7-9-21)12-14-2-3-14/h4-5,11,13-14H,2-3,6-10,12,19H2,1H3. The van der Waals surface area contributed by atoms with Gasteiger partial charge in [-0.3, -0.25) is 4.90 Å². The molecule has 2 fully saturated rings. The number of hydrogen-bond donors (Lipinski definition) is 1. The van der Waals surface area contributed by atoms with Crippen LogP contribution in [0.3, 0.4) is 0 Å². The first-order valence-corrected chi connectivity index (χ1v) is 8.13. The lowest BCUT2D eigenvalue weighted by Crippen LogP contribution is -2.47. The minimum atomic E-state index is -0.108. The zero-order valence-corrected chi connectivity index (χ0v) is 12.9. The molecule has 1 aliphatic carbocycles. The van der Waals surface area contributed by atoms with Crippen molar-refractivity contribution in [2.24, 2.45) is 11.7 Å². The Morgan fingerprint density at radius 1 is 1.24 bits per heavy atom. The van der Waals surface area contributed by atoms with Crippen molar-refractivity contribution < 1.29 is 4.39 Å². The molecule has 1 atom stereocenters. The minimum Gasteiger partial charge on any atom is -0.367 e. The van der Waals surface area contributed by atoms with Crippen LogP contribution < -0.4 is 10.6 Å². The molecule has 2 aliphatic rings. The summed E-state index contributed by atoms with van der Waals surface area (Å²) < 4.78 is 14.3. The molecule has 0 amide bonds. The van der Waals surface area contributed by atoms with Crippen molar-refractivity contribution >= 4 is 5.69 Å². The fraction of sp³-hybridized carbons (Fsp3) is 0.647. The molecule has 1 saturated carbocycles. The van der Waals surface area contributed by atoms with E-state index in [9.17, 15) is 4.39 Å². The molecule has 1 aromatic carbocycles. The van der Waals surface area contributed by atoms with Crippen LogP contribution in [0.1, 0.15) is 25.3 Å². The molecule has 1 unspecified atom stereocenters. The Morgan fingerprint density at radius 2 is 1.95 bits per heavy atom. The molecule has 1 aromatic rings. The Balaban J connectivity index is 1.59. The van der Waals surface area contributed by atoms with E-state index in [1.165, 1.54) is 19.4 Å². The van der Waals surface area contributed by atoms with Crippen molar-refractivity contribution in [1.82, 2.24) is 4.90 Å². The predicted molar refractivity (Wildman–Crippen MR) is 85.1 cm³/mol. The summed E-state index contributed by atoms with van der Waals surface area (Å²) in [5, 5.41) is 0. The molecule has 3 nitrogen and oxygen atoms in total. The second-order valence-corrected chi connectivity index (χ2v) is 6.70. The Kier molecular flexibility index (Phi) is 4.45. The maximum atomic E-state index is 14.3. The summed E-state index contributed by atoms with van der Waals surface area (Å²) in [5.74, 6) is 0.828. The predicted octanol–water partition coefficient (Wildman–Crippen LogP) is 2.25. The molecular formula is C17H26FN3. The van der Waals surface area contributed by atoms with Gasteiger partial charge >= 0.3 is 0 Å². The molecule has 2 N–H and O–H groups in total. The monoisotopic (exact) mass is 291 g/mol. The number of halogens is 1. The van der Waals surface area contributed by atoms with Crippen LogP contribution in [0.4, 0.5) is 10.1 Å². The summed E-state index contributed by atoms with van der Waals surface area (Å²) in [4.78, 5) is 4.70. The van der Waals surface area contributed by atoms with Crippen LogP contribution in [0.2, 0.25) is 0 Å². The lowest BCUT2D eigenvalue weighted by atomic mass is 10.1. The smallest absolute Gasteiger partial charge is 0.146 e. The summed E-state index contributed by atoms with van der Waals surface area (Å²) in [6.45, 7) is 7.15. The van der Waals surface area contributed by atoms with E-state index in [1.807, 2.05) is 19.1 Å². The summed E-state index contributed by atoms with van der Waals surface area (Å²) in [5.41, 5.74) is 7.51. The number of nitrogens with zero attached hydrogens (tertiary/aromatic N) is 2. The van der Waals surface area contributed by atoms with E-state index in [0.29, 0.717) is 0 Å². The molecule has 3 rings (SSSR count). The molecule has 1 aliphatic heterocycles. The normalized spacial score (nSPS) is 21.6. The van der Waals surface area contributed by atoms with E-state index < -0.39 is 0 Å². The molecule has 0 bridgehead atoms. The molecule has 1 saturated heterocycles. The lowest BCUT2D eigenvalue weighted by molar-refractivity contribution is 0.247. The Morgan fingerprint density at radius 3 is 2.52 bits per heavy atom. The van der Waals surface area contributed by atoms with Gasteiger partial charge in [-0.2, -0.15) is 0 Å². The highest BCUT2D eigenvalue weighted by molar-refractivity contribution is 5.49. The van der Waals surface area contributed by atoms with Gasteiger partial charge in [0.15, 0.2) is 0 Å². The zero-order chi connectivity index (χ0) is 14.8. The van der Waals surface area contributed by atoms with Crippen molar-refractivity contribution in [2.75, 3.05) is 37.6 Å². The van der Waals surface area contributed by atoms with E-state index >= 15 is 0 Å². The van der Waals surface area contributed by atoms with Gasteiger partial charge in [0.05, 0.1) is 5.69 Å². The second-order valence-electron chi connectivity index (χ2n) is 6.70. The summed E-state index contributed by atoms with van der Waals surface area (Å²) >= 11 is 0. The maximum Gasteiger partial charge on any atom is 0.146 e. The first kappa shape index (κ1) is 14.8. The average molecular weight is 291 g/mol. The average Bonchev–Trinajstić information content (AvgIpc) is 3.23. The number of rotatable bonds is 5. The number of anilines is 1. The van der Waals surface area contributed by atoms with Crippen LogP contribution in [0.5, 0.6) is 0 Å². The molecule has 1 heterocycles. The largest absolute Gasteiger partial charge is 0.367 e. The Labute approximate surface area is 126 Å². The van der Waals surface area contributed by atoms with E-state index in [0.717, 1.165) is 49.8 Å². The first-order chi connectivity index (χ1) is 10.1. The third-order valence-corrected chi connectivity index (χ3v) is 4.50. The van der Waals surface area contributed by atoms with Crippen LogP contribution in [0.15, 0.2) is 18.2 Å². The third kappa shape index (κ3) is 3.95. The van der Waals surface area contributed by atoms with Gasteiger partial charge in [0.1, 0.15) is 5.82 Å². The van der Waals surface area contributed by atoms with E-state index in [-0.39, 0.29) is 11.9 Å². The topological polar surface area (TPSA) is 32.5 Å². The van der Waals surface area contributed by atoms with Crippen molar-refractivity contribution in [2.45, 2.75) is 32.2 Å². The van der Waals surface area contributed by atoms with Gasteiger partial charge in [-0.15, -0.1) is 0 Å². The highest BCUT2D eigenvalue weighted by atomic mass is 19.1. The molecular weight excluding hydrogens is 265 g/mol. The Bertz CT molecular complexity index is 477. The fourth-order valence-corrected chi connectivity index (χ4v) is 3.14. The molecule has 21 heavy (non-hydrogen) atoms. The van der Waals surface area contributed by atoms with Crippen LogP contribution >= 0.6 is 0 Å². The van der Waals surface area contributed by atoms with E-state index in [1.54, 1.807) is 6.07 Å². The minimum absolute atomic E-state index is 0.0706. The molecule has 0 aromatic heterocycles. The fourth-order valence-electron chi connectivity index (χ4n) is 3.14. The van der Waals surface area contributed by atoms with Crippen molar-refractivity contribution in [3.05, 3.63) is 29.6 Å². The summed E-state index contributed by atoms with van der Waals surface area (Å²) in [6.07, 6.45) is 3.53. The highest BCUT2D eigenvalue weighted by Gasteiger charge is 2.26. The summed E-state index contributed by atoms with van der Waals surface area (Å²) in [7, 11) is 0. The Hall–Kier alpha value is -1.13. The van der Waals surface area contributed by atoms with Gasteiger partial charge < -0.3 is 10.6 Å². The molecule has 116 valence electrons. The number of benzene rings is 1. The van der Waals surface area contributed by atoms with Gasteiger partial charge in [0, 0.05) is 38.8 Å². The van der Waals surface area contributed by atoms with Gasteiger partial charge in [-0.1, -0.05) is 6.07 Å². The SMILES string of the molecule is CC(N)Cc1ccc(N2CCN(CC3CC3)CC2)c(F)c1. The molecule has 0 spiro atoms. The number of hydrogen-bond acceptors (Lipinski definition) is 3. The van der Waals surface area contributed by atoms with E-state index in [4.69, 9.17) is 5.73 Å².